The molecule has 0 amide bonds. The Balaban J connectivity index is 1.18. The van der Waals surface area contributed by atoms with Gasteiger partial charge in [0.15, 0.2) is 0 Å². The summed E-state index contributed by atoms with van der Waals surface area (Å²) in [5.74, 6) is 6.36. The van der Waals surface area contributed by atoms with Crippen molar-refractivity contribution < 1.29 is 5.11 Å². The summed E-state index contributed by atoms with van der Waals surface area (Å²) in [4.78, 5) is 0. The molecule has 1 N–H and O–H groups in total. The minimum Gasteiger partial charge on any atom is -0.508 e. The fourth-order valence-corrected chi connectivity index (χ4v) is 13.7. The molecule has 1 heteroatoms. The highest BCUT2D eigenvalue weighted by molar-refractivity contribution is 5.74. The molecule has 2 aromatic rings. The van der Waals surface area contributed by atoms with Crippen LogP contribution in [0.4, 0.5) is 0 Å². The summed E-state index contributed by atoms with van der Waals surface area (Å²) in [7, 11) is 0. The topological polar surface area (TPSA) is 20.2 Å². The lowest BCUT2D eigenvalue weighted by Crippen LogP contribution is -2.48. The predicted octanol–water partition coefficient (Wildman–Crippen LogP) is 10.8. The largest absolute Gasteiger partial charge is 0.508 e. The Labute approximate surface area is 249 Å². The molecule has 220 valence electrons. The minimum absolute atomic E-state index is 0.117. The zero-order valence-corrected chi connectivity index (χ0v) is 26.4. The van der Waals surface area contributed by atoms with Crippen LogP contribution in [0, 0.1) is 46.3 Å². The van der Waals surface area contributed by atoms with Gasteiger partial charge in [-0.05, 0) is 181 Å². The van der Waals surface area contributed by atoms with Gasteiger partial charge in [-0.25, -0.2) is 0 Å². The van der Waals surface area contributed by atoms with Gasteiger partial charge in [0.25, 0.3) is 0 Å². The Morgan fingerprint density at radius 1 is 0.561 bits per heavy atom. The number of phenols is 1. The van der Waals surface area contributed by atoms with Crippen molar-refractivity contribution in [2.45, 2.75) is 128 Å². The molecule has 8 aliphatic carbocycles. The molecule has 8 aliphatic rings. The first-order chi connectivity index (χ1) is 19.5. The lowest BCUT2D eigenvalue weighted by atomic mass is 9.46. The highest BCUT2D eigenvalue weighted by atomic mass is 16.3. The van der Waals surface area contributed by atoms with Gasteiger partial charge in [0.2, 0.25) is 0 Å². The quantitative estimate of drug-likeness (QED) is 0.363. The second-order valence-corrected chi connectivity index (χ2v) is 18.2. The molecule has 8 saturated carbocycles. The maximum absolute atomic E-state index is 10.2. The highest BCUT2D eigenvalue weighted by Gasteiger charge is 2.54. The monoisotopic (exact) mass is 550 g/mol. The van der Waals surface area contributed by atoms with E-state index in [1.54, 1.807) is 11.1 Å². The molecule has 0 unspecified atom stereocenters. The molecule has 0 saturated heterocycles. The van der Waals surface area contributed by atoms with Crippen LogP contribution in [0.25, 0.3) is 11.1 Å². The highest BCUT2D eigenvalue weighted by Crippen LogP contribution is 2.65. The molecule has 41 heavy (non-hydrogen) atoms. The number of hydrogen-bond donors (Lipinski definition) is 1. The van der Waals surface area contributed by atoms with Crippen molar-refractivity contribution in [2.75, 3.05) is 0 Å². The third kappa shape index (κ3) is 4.62. The van der Waals surface area contributed by atoms with E-state index in [0.717, 1.165) is 35.5 Å². The Hall–Kier alpha value is -1.76. The van der Waals surface area contributed by atoms with E-state index in [1.165, 1.54) is 101 Å². The van der Waals surface area contributed by atoms with Gasteiger partial charge < -0.3 is 5.11 Å². The number of phenolic OH excluding ortho intramolecular Hbond substituents is 1. The molecule has 10 rings (SSSR count). The predicted molar refractivity (Wildman–Crippen MR) is 170 cm³/mol. The summed E-state index contributed by atoms with van der Waals surface area (Å²) in [5, 5.41) is 10.2. The van der Waals surface area contributed by atoms with Gasteiger partial charge >= 0.3 is 0 Å². The summed E-state index contributed by atoms with van der Waals surface area (Å²) in [6, 6.07) is 15.6. The number of benzene rings is 2. The van der Waals surface area contributed by atoms with E-state index in [0.29, 0.717) is 16.6 Å². The number of hydrogen-bond acceptors (Lipinski definition) is 1. The molecule has 0 aromatic heterocycles. The van der Waals surface area contributed by atoms with Crippen LogP contribution in [0.5, 0.6) is 5.75 Å². The van der Waals surface area contributed by atoms with E-state index in [1.807, 2.05) is 12.1 Å². The van der Waals surface area contributed by atoms with Crippen molar-refractivity contribution in [3.05, 3.63) is 53.6 Å². The Morgan fingerprint density at radius 2 is 0.902 bits per heavy atom. The molecule has 0 spiro atoms. The first kappa shape index (κ1) is 26.8. The second kappa shape index (κ2) is 9.12. The molecular formula is C40H54O. The van der Waals surface area contributed by atoms with Crippen LogP contribution < -0.4 is 0 Å². The summed E-state index contributed by atoms with van der Waals surface area (Å²) in [5.41, 5.74) is 7.22. The van der Waals surface area contributed by atoms with Crippen molar-refractivity contribution in [3.63, 3.8) is 0 Å². The van der Waals surface area contributed by atoms with E-state index < -0.39 is 0 Å². The van der Waals surface area contributed by atoms with Gasteiger partial charge in [0.1, 0.15) is 5.75 Å². The smallest absolute Gasteiger partial charge is 0.115 e. The fraction of sp³-hybridized carbons (Fsp3) is 0.700. The van der Waals surface area contributed by atoms with Crippen molar-refractivity contribution in [3.8, 4) is 16.9 Å². The molecule has 0 aliphatic heterocycles. The average Bonchev–Trinajstić information content (AvgIpc) is 2.86. The maximum atomic E-state index is 10.2. The average molecular weight is 551 g/mol. The lowest BCUT2D eigenvalue weighted by molar-refractivity contribution is -0.0666. The summed E-state index contributed by atoms with van der Waals surface area (Å²) >= 11 is 0. The van der Waals surface area contributed by atoms with Crippen molar-refractivity contribution >= 4 is 0 Å². The molecule has 8 bridgehead atoms. The van der Waals surface area contributed by atoms with Gasteiger partial charge in [-0.1, -0.05) is 58.0 Å². The van der Waals surface area contributed by atoms with Crippen LogP contribution in [0.15, 0.2) is 42.5 Å². The van der Waals surface area contributed by atoms with Crippen LogP contribution >= 0.6 is 0 Å². The lowest BCUT2D eigenvalue weighted by Gasteiger charge is -2.59. The first-order valence-corrected chi connectivity index (χ1v) is 17.4. The number of rotatable bonds is 7. The van der Waals surface area contributed by atoms with Crippen molar-refractivity contribution in [1.29, 1.82) is 0 Å². The Bertz CT molecular complexity index is 1160. The Morgan fingerprint density at radius 3 is 1.24 bits per heavy atom. The van der Waals surface area contributed by atoms with Crippen LogP contribution in [0.3, 0.4) is 0 Å². The van der Waals surface area contributed by atoms with Crippen LogP contribution in [-0.2, 0) is 10.8 Å². The van der Waals surface area contributed by atoms with Crippen molar-refractivity contribution in [1.82, 2.24) is 0 Å². The van der Waals surface area contributed by atoms with Gasteiger partial charge in [0, 0.05) is 0 Å². The molecule has 1 nitrogen and oxygen atoms in total. The van der Waals surface area contributed by atoms with Gasteiger partial charge in [0.05, 0.1) is 0 Å². The van der Waals surface area contributed by atoms with E-state index in [-0.39, 0.29) is 10.8 Å². The summed E-state index contributed by atoms with van der Waals surface area (Å²) in [6.07, 6.45) is 20.7. The molecule has 8 fully saturated rings. The summed E-state index contributed by atoms with van der Waals surface area (Å²) < 4.78 is 0. The molecule has 0 heterocycles. The molecule has 2 aromatic carbocycles. The van der Waals surface area contributed by atoms with Crippen LogP contribution in [0.2, 0.25) is 0 Å². The van der Waals surface area contributed by atoms with Gasteiger partial charge in [-0.2, -0.15) is 0 Å². The van der Waals surface area contributed by atoms with E-state index in [4.69, 9.17) is 0 Å². The standard InChI is InChI=1S/C40H54O/c1-37(2,24-39-18-26-12-27(19-39)14-28(13-26)20-39)34-6-5-7-35(36(34)32-8-10-33(41)11-9-32)38(3,4)25-40-21-29-15-30(22-40)17-31(16-29)23-40/h5-11,26-31,41H,12-25H2,1-4H3. The zero-order valence-electron chi connectivity index (χ0n) is 26.4. The zero-order chi connectivity index (χ0) is 28.2. The van der Waals surface area contributed by atoms with E-state index in [2.05, 4.69) is 58.0 Å². The van der Waals surface area contributed by atoms with E-state index >= 15 is 0 Å². The maximum Gasteiger partial charge on any atom is 0.115 e. The SMILES string of the molecule is CC(C)(CC12CC3CC(CC(C3)C1)C2)c1cccc(C(C)(C)CC23CC4CC(CC(C4)C2)C3)c1-c1ccc(O)cc1. The second-order valence-electron chi connectivity index (χ2n) is 18.2. The van der Waals surface area contributed by atoms with Crippen molar-refractivity contribution in [2.24, 2.45) is 46.3 Å². The van der Waals surface area contributed by atoms with Crippen LogP contribution in [-0.4, -0.2) is 5.11 Å². The third-order valence-electron chi connectivity index (χ3n) is 13.6. The molecular weight excluding hydrogens is 496 g/mol. The van der Waals surface area contributed by atoms with Gasteiger partial charge in [-0.15, -0.1) is 0 Å². The molecule has 0 atom stereocenters. The van der Waals surface area contributed by atoms with Gasteiger partial charge in [-0.3, -0.25) is 0 Å². The van der Waals surface area contributed by atoms with E-state index in [9.17, 15) is 5.11 Å². The molecule has 0 radical (unpaired) electrons. The number of aromatic hydroxyl groups is 1. The van der Waals surface area contributed by atoms with Crippen LogP contribution in [0.1, 0.15) is 129 Å². The third-order valence-corrected chi connectivity index (χ3v) is 13.6. The Kier molecular flexibility index (Phi) is 5.97. The fourth-order valence-electron chi connectivity index (χ4n) is 13.7. The normalized spacial score (nSPS) is 39.0. The minimum atomic E-state index is 0.117. The summed E-state index contributed by atoms with van der Waals surface area (Å²) in [6.45, 7) is 10.3. The first-order valence-electron chi connectivity index (χ1n) is 17.4.